The maximum Gasteiger partial charge on any atom is 0.292 e. The Labute approximate surface area is 125 Å². The number of benzene rings is 1. The van der Waals surface area contributed by atoms with Crippen LogP contribution in [-0.4, -0.2) is 41.7 Å². The van der Waals surface area contributed by atoms with E-state index in [1.165, 1.54) is 0 Å². The smallest absolute Gasteiger partial charge is 0.292 e. The molecule has 0 radical (unpaired) electrons. The van der Waals surface area contributed by atoms with Crippen molar-refractivity contribution in [2.45, 2.75) is 32.9 Å². The molecule has 1 aromatic carbocycles. The highest BCUT2D eigenvalue weighted by atomic mass is 16.6. The SMILES string of the molecule is CCNc1ccc(CN2CCOC(C)(C)C2)cc1[N+](=O)[O-]. The van der Waals surface area contributed by atoms with Crippen LogP contribution in [0.3, 0.4) is 0 Å². The minimum Gasteiger partial charge on any atom is -0.380 e. The molecular formula is C15H23N3O3. The summed E-state index contributed by atoms with van der Waals surface area (Å²) in [5.74, 6) is 0. The molecule has 1 heterocycles. The van der Waals surface area contributed by atoms with E-state index in [4.69, 9.17) is 4.74 Å². The average Bonchev–Trinajstić information content (AvgIpc) is 2.39. The lowest BCUT2D eigenvalue weighted by molar-refractivity contribution is -0.384. The summed E-state index contributed by atoms with van der Waals surface area (Å²) in [5.41, 5.74) is 1.52. The second-order valence-corrected chi connectivity index (χ2v) is 5.96. The molecule has 21 heavy (non-hydrogen) atoms. The average molecular weight is 293 g/mol. The molecule has 0 spiro atoms. The molecule has 6 heteroatoms. The molecule has 1 aliphatic heterocycles. The first kappa shape index (κ1) is 15.7. The Morgan fingerprint density at radius 1 is 1.48 bits per heavy atom. The maximum atomic E-state index is 11.2. The molecular weight excluding hydrogens is 270 g/mol. The van der Waals surface area contributed by atoms with Crippen LogP contribution in [0.2, 0.25) is 0 Å². The van der Waals surface area contributed by atoms with E-state index >= 15 is 0 Å². The minimum atomic E-state index is -0.329. The number of nitro benzene ring substituents is 1. The lowest BCUT2D eigenvalue weighted by Crippen LogP contribution is -2.47. The van der Waals surface area contributed by atoms with Crippen LogP contribution in [0, 0.1) is 10.1 Å². The number of ether oxygens (including phenoxy) is 1. The van der Waals surface area contributed by atoms with Crippen molar-refractivity contribution in [1.29, 1.82) is 0 Å². The number of hydrogen-bond donors (Lipinski definition) is 1. The summed E-state index contributed by atoms with van der Waals surface area (Å²) in [6.07, 6.45) is 0. The van der Waals surface area contributed by atoms with Crippen LogP contribution >= 0.6 is 0 Å². The third-order valence-electron chi connectivity index (χ3n) is 3.54. The van der Waals surface area contributed by atoms with Crippen molar-refractivity contribution in [3.63, 3.8) is 0 Å². The van der Waals surface area contributed by atoms with Crippen LogP contribution in [0.25, 0.3) is 0 Å². The number of hydrogen-bond acceptors (Lipinski definition) is 5. The second kappa shape index (κ2) is 6.41. The first-order chi connectivity index (χ1) is 9.91. The Morgan fingerprint density at radius 3 is 2.86 bits per heavy atom. The predicted molar refractivity (Wildman–Crippen MR) is 82.6 cm³/mol. The van der Waals surface area contributed by atoms with Gasteiger partial charge in [-0.05, 0) is 32.4 Å². The van der Waals surface area contributed by atoms with Gasteiger partial charge in [0.1, 0.15) is 5.69 Å². The number of anilines is 1. The van der Waals surface area contributed by atoms with Gasteiger partial charge in [-0.25, -0.2) is 0 Å². The van der Waals surface area contributed by atoms with E-state index in [-0.39, 0.29) is 16.2 Å². The van der Waals surface area contributed by atoms with Crippen molar-refractivity contribution in [3.05, 3.63) is 33.9 Å². The monoisotopic (exact) mass is 293 g/mol. The van der Waals surface area contributed by atoms with Gasteiger partial charge in [0.05, 0.1) is 17.1 Å². The van der Waals surface area contributed by atoms with Gasteiger partial charge in [0.2, 0.25) is 0 Å². The Hall–Kier alpha value is -1.66. The Bertz CT molecular complexity index is 517. The molecule has 0 aromatic heterocycles. The highest BCUT2D eigenvalue weighted by molar-refractivity contribution is 5.62. The molecule has 0 atom stereocenters. The van der Waals surface area contributed by atoms with Crippen molar-refractivity contribution in [2.24, 2.45) is 0 Å². The van der Waals surface area contributed by atoms with Crippen molar-refractivity contribution >= 4 is 11.4 Å². The Kier molecular flexibility index (Phi) is 4.80. The Balaban J connectivity index is 2.13. The highest BCUT2D eigenvalue weighted by Gasteiger charge is 2.27. The lowest BCUT2D eigenvalue weighted by Gasteiger charge is -2.38. The zero-order chi connectivity index (χ0) is 15.5. The van der Waals surface area contributed by atoms with Gasteiger partial charge >= 0.3 is 0 Å². The molecule has 0 amide bonds. The summed E-state index contributed by atoms with van der Waals surface area (Å²) >= 11 is 0. The van der Waals surface area contributed by atoms with Crippen LogP contribution in [0.15, 0.2) is 18.2 Å². The topological polar surface area (TPSA) is 67.6 Å². The van der Waals surface area contributed by atoms with Gasteiger partial charge in [-0.3, -0.25) is 15.0 Å². The molecule has 0 bridgehead atoms. The van der Waals surface area contributed by atoms with Gasteiger partial charge in [-0.2, -0.15) is 0 Å². The summed E-state index contributed by atoms with van der Waals surface area (Å²) in [5, 5.41) is 14.2. The number of nitro groups is 1. The number of rotatable bonds is 5. The number of nitrogens with one attached hydrogen (secondary N) is 1. The third kappa shape index (κ3) is 4.15. The quantitative estimate of drug-likeness (QED) is 0.667. The zero-order valence-electron chi connectivity index (χ0n) is 12.9. The fraction of sp³-hybridized carbons (Fsp3) is 0.600. The van der Waals surface area contributed by atoms with Crippen molar-refractivity contribution in [2.75, 3.05) is 31.6 Å². The van der Waals surface area contributed by atoms with Gasteiger partial charge < -0.3 is 10.1 Å². The predicted octanol–water partition coefficient (Wildman–Crippen LogP) is 2.64. The lowest BCUT2D eigenvalue weighted by atomic mass is 10.1. The van der Waals surface area contributed by atoms with Gasteiger partial charge in [0.15, 0.2) is 0 Å². The molecule has 1 fully saturated rings. The number of nitrogens with zero attached hydrogens (tertiary/aromatic N) is 2. The third-order valence-corrected chi connectivity index (χ3v) is 3.54. The molecule has 1 saturated heterocycles. The zero-order valence-corrected chi connectivity index (χ0v) is 12.9. The van der Waals surface area contributed by atoms with Crippen LogP contribution < -0.4 is 5.32 Å². The summed E-state index contributed by atoms with van der Waals surface area (Å²) < 4.78 is 5.69. The number of morpholine rings is 1. The Morgan fingerprint density at radius 2 is 2.24 bits per heavy atom. The van der Waals surface area contributed by atoms with Gasteiger partial charge in [0.25, 0.3) is 5.69 Å². The van der Waals surface area contributed by atoms with Gasteiger partial charge in [-0.1, -0.05) is 6.07 Å². The second-order valence-electron chi connectivity index (χ2n) is 5.96. The fourth-order valence-electron chi connectivity index (χ4n) is 2.67. The van der Waals surface area contributed by atoms with Crippen LogP contribution in [0.4, 0.5) is 11.4 Å². The fourth-order valence-corrected chi connectivity index (χ4v) is 2.67. The van der Waals surface area contributed by atoms with Crippen molar-refractivity contribution in [3.8, 4) is 0 Å². The van der Waals surface area contributed by atoms with Crippen LogP contribution in [-0.2, 0) is 11.3 Å². The molecule has 1 aromatic rings. The van der Waals surface area contributed by atoms with Gasteiger partial charge in [0, 0.05) is 32.2 Å². The normalized spacial score (nSPS) is 18.4. The molecule has 116 valence electrons. The van der Waals surface area contributed by atoms with E-state index in [2.05, 4.69) is 24.1 Å². The molecule has 0 saturated carbocycles. The largest absolute Gasteiger partial charge is 0.380 e. The molecule has 0 aliphatic carbocycles. The summed E-state index contributed by atoms with van der Waals surface area (Å²) in [4.78, 5) is 13.1. The van der Waals surface area contributed by atoms with E-state index < -0.39 is 0 Å². The minimum absolute atomic E-state index is 0.141. The maximum absolute atomic E-state index is 11.2. The van der Waals surface area contributed by atoms with E-state index in [1.54, 1.807) is 12.1 Å². The highest BCUT2D eigenvalue weighted by Crippen LogP contribution is 2.27. The van der Waals surface area contributed by atoms with Crippen molar-refractivity contribution < 1.29 is 9.66 Å². The molecule has 6 nitrogen and oxygen atoms in total. The molecule has 1 aliphatic rings. The first-order valence-corrected chi connectivity index (χ1v) is 7.29. The van der Waals surface area contributed by atoms with E-state index in [9.17, 15) is 10.1 Å². The standard InChI is InChI=1S/C15H23N3O3/c1-4-16-13-6-5-12(9-14(13)18(19)20)10-17-7-8-21-15(2,3)11-17/h5-6,9,16H,4,7-8,10-11H2,1-3H3. The first-order valence-electron chi connectivity index (χ1n) is 7.29. The van der Waals surface area contributed by atoms with E-state index in [0.29, 0.717) is 25.4 Å². The molecule has 2 rings (SSSR count). The van der Waals surface area contributed by atoms with Gasteiger partial charge in [-0.15, -0.1) is 0 Å². The van der Waals surface area contributed by atoms with E-state index in [1.807, 2.05) is 13.0 Å². The van der Waals surface area contributed by atoms with E-state index in [0.717, 1.165) is 18.7 Å². The van der Waals surface area contributed by atoms with Crippen LogP contribution in [0.1, 0.15) is 26.3 Å². The van der Waals surface area contributed by atoms with Crippen molar-refractivity contribution in [1.82, 2.24) is 4.90 Å². The summed E-state index contributed by atoms with van der Waals surface area (Å²) in [6, 6.07) is 5.41. The summed E-state index contributed by atoms with van der Waals surface area (Å²) in [7, 11) is 0. The molecule has 0 unspecified atom stereocenters. The molecule has 1 N–H and O–H groups in total. The summed E-state index contributed by atoms with van der Waals surface area (Å²) in [6.45, 7) is 9.81. The van der Waals surface area contributed by atoms with Crippen LogP contribution in [0.5, 0.6) is 0 Å².